The van der Waals surface area contributed by atoms with Crippen LogP contribution in [0.25, 0.3) is 0 Å². The largest absolute Gasteiger partial charge is 0.400 e. The molecule has 0 aliphatic carbocycles. The summed E-state index contributed by atoms with van der Waals surface area (Å²) in [6.45, 7) is 0. The Morgan fingerprint density at radius 3 is 2.39 bits per heavy atom. The third-order valence-corrected chi connectivity index (χ3v) is 4.34. The van der Waals surface area contributed by atoms with E-state index in [1.165, 1.54) is 0 Å². The summed E-state index contributed by atoms with van der Waals surface area (Å²) in [5.74, 6) is -0.942. The van der Waals surface area contributed by atoms with Crippen LogP contribution in [0.2, 0.25) is 0 Å². The Labute approximate surface area is 138 Å². The van der Waals surface area contributed by atoms with Gasteiger partial charge in [0.1, 0.15) is 34.2 Å². The van der Waals surface area contributed by atoms with E-state index in [9.17, 15) is 10.5 Å². The third-order valence-electron chi connectivity index (χ3n) is 4.05. The first-order valence-electron chi connectivity index (χ1n) is 6.89. The number of amidine groups is 2. The van der Waals surface area contributed by atoms with Gasteiger partial charge in [0, 0.05) is 11.6 Å². The molecule has 3 atom stereocenters. The van der Waals surface area contributed by atoms with Gasteiger partial charge in [0.25, 0.3) is 0 Å². The predicted octanol–water partition coefficient (Wildman–Crippen LogP) is 1.37. The fraction of sp³-hybridized carbons (Fsp3) is 0.188. The van der Waals surface area contributed by atoms with Crippen molar-refractivity contribution in [3.63, 3.8) is 0 Å². The van der Waals surface area contributed by atoms with Crippen molar-refractivity contribution in [1.29, 1.82) is 10.5 Å². The number of fused-ring (bicyclic) bond motifs is 1. The summed E-state index contributed by atoms with van der Waals surface area (Å²) in [5.41, 5.74) is 13.5. The van der Waals surface area contributed by atoms with Crippen molar-refractivity contribution in [3.05, 3.63) is 47.2 Å². The lowest BCUT2D eigenvalue weighted by Crippen LogP contribution is -2.44. The fourth-order valence-electron chi connectivity index (χ4n) is 2.99. The monoisotopic (exact) mass is 320 g/mol. The minimum Gasteiger partial charge on any atom is -0.400 e. The number of aliphatic imine (C=N–C) groups is 2. The van der Waals surface area contributed by atoms with E-state index in [2.05, 4.69) is 16.1 Å². The molecule has 1 aromatic rings. The maximum atomic E-state index is 9.55. The number of dihydropyridines is 1. The summed E-state index contributed by atoms with van der Waals surface area (Å²) in [7, 11) is 0. The zero-order valence-electron chi connectivity index (χ0n) is 12.0. The number of nitrogens with zero attached hydrogens (tertiary/aromatic N) is 4. The van der Waals surface area contributed by atoms with Crippen LogP contribution in [-0.4, -0.2) is 16.7 Å². The van der Waals surface area contributed by atoms with Gasteiger partial charge < -0.3 is 11.5 Å². The van der Waals surface area contributed by atoms with E-state index in [0.29, 0.717) is 11.5 Å². The molecular weight excluding hydrogens is 308 g/mol. The average Bonchev–Trinajstić information content (AvgIpc) is 2.54. The lowest BCUT2D eigenvalue weighted by Gasteiger charge is -2.36. The molecule has 0 bridgehead atoms. The van der Waals surface area contributed by atoms with Gasteiger partial charge in [0.15, 0.2) is 0 Å². The Kier molecular flexibility index (Phi) is 3.65. The summed E-state index contributed by atoms with van der Waals surface area (Å²) in [5, 5.41) is 18.8. The van der Waals surface area contributed by atoms with Gasteiger partial charge in [-0.2, -0.15) is 10.5 Å². The van der Waals surface area contributed by atoms with Crippen LogP contribution in [0.1, 0.15) is 11.5 Å². The molecule has 0 spiro atoms. The molecule has 112 valence electrons. The summed E-state index contributed by atoms with van der Waals surface area (Å²) in [6, 6.07) is 13.6. The van der Waals surface area contributed by atoms with Crippen molar-refractivity contribution in [2.24, 2.45) is 33.3 Å². The Hall–Kier alpha value is -3.03. The first-order valence-corrected chi connectivity index (χ1v) is 7.30. The molecule has 0 radical (unpaired) electrons. The van der Waals surface area contributed by atoms with Crippen molar-refractivity contribution in [1.82, 2.24) is 0 Å². The predicted molar refractivity (Wildman–Crippen MR) is 90.3 cm³/mol. The normalized spacial score (nSPS) is 26.5. The zero-order chi connectivity index (χ0) is 16.6. The minimum atomic E-state index is -0.647. The molecule has 23 heavy (non-hydrogen) atoms. The second-order valence-corrected chi connectivity index (χ2v) is 5.66. The molecule has 6 nitrogen and oxygen atoms in total. The zero-order valence-corrected chi connectivity index (χ0v) is 12.8. The number of hydrogen-bond donors (Lipinski definition) is 2. The Morgan fingerprint density at radius 1 is 1.09 bits per heavy atom. The van der Waals surface area contributed by atoms with Crippen LogP contribution in [0.15, 0.2) is 51.6 Å². The molecule has 3 unspecified atom stereocenters. The van der Waals surface area contributed by atoms with E-state index in [-0.39, 0.29) is 22.3 Å². The lowest BCUT2D eigenvalue weighted by molar-refractivity contribution is 0.524. The van der Waals surface area contributed by atoms with Crippen LogP contribution in [0.3, 0.4) is 0 Å². The van der Waals surface area contributed by atoms with Crippen molar-refractivity contribution in [2.75, 3.05) is 0 Å². The van der Waals surface area contributed by atoms with Gasteiger partial charge in [-0.3, -0.25) is 0 Å². The van der Waals surface area contributed by atoms with Gasteiger partial charge in [-0.15, -0.1) is 0 Å². The Balaban J connectivity index is 2.24. The van der Waals surface area contributed by atoms with Crippen molar-refractivity contribution < 1.29 is 0 Å². The fourth-order valence-corrected chi connectivity index (χ4v) is 3.25. The topological polar surface area (TPSA) is 124 Å². The van der Waals surface area contributed by atoms with Crippen molar-refractivity contribution in [3.8, 4) is 12.1 Å². The van der Waals surface area contributed by atoms with E-state index in [1.54, 1.807) is 0 Å². The highest BCUT2D eigenvalue weighted by atomic mass is 32.1. The summed E-state index contributed by atoms with van der Waals surface area (Å²) < 4.78 is 0. The molecule has 0 fully saturated rings. The second kappa shape index (κ2) is 5.64. The number of rotatable bonds is 1. The number of hydrogen-bond acceptors (Lipinski definition) is 6. The molecule has 0 saturated carbocycles. The van der Waals surface area contributed by atoms with Gasteiger partial charge in [-0.05, 0) is 5.56 Å². The molecule has 3 rings (SSSR count). The van der Waals surface area contributed by atoms with Crippen LogP contribution < -0.4 is 11.5 Å². The van der Waals surface area contributed by atoms with Gasteiger partial charge in [-0.1, -0.05) is 42.5 Å². The van der Waals surface area contributed by atoms with Gasteiger partial charge in [0.2, 0.25) is 0 Å². The Bertz CT molecular complexity index is 853. The van der Waals surface area contributed by atoms with E-state index in [1.807, 2.05) is 36.4 Å². The SMILES string of the molecule is N#CC1=C(N)C2C(=NC1=S)N=C(N)C(C#N)C2c1ccccc1. The van der Waals surface area contributed by atoms with E-state index in [4.69, 9.17) is 23.7 Å². The number of nitriles is 2. The highest BCUT2D eigenvalue weighted by molar-refractivity contribution is 7.80. The van der Waals surface area contributed by atoms with E-state index in [0.717, 1.165) is 5.56 Å². The van der Waals surface area contributed by atoms with E-state index < -0.39 is 11.8 Å². The summed E-state index contributed by atoms with van der Waals surface area (Å²) in [6.07, 6.45) is 0. The third kappa shape index (κ3) is 2.28. The smallest absolute Gasteiger partial charge is 0.147 e. The quantitative estimate of drug-likeness (QED) is 0.756. The van der Waals surface area contributed by atoms with E-state index >= 15 is 0 Å². The molecular formula is C16H12N6S. The number of thiocarbonyl (C=S) groups is 1. The Morgan fingerprint density at radius 2 is 1.78 bits per heavy atom. The summed E-state index contributed by atoms with van der Waals surface area (Å²) >= 11 is 5.10. The number of benzene rings is 1. The molecule has 2 aliphatic heterocycles. The minimum absolute atomic E-state index is 0.106. The molecule has 2 heterocycles. The molecule has 4 N–H and O–H groups in total. The van der Waals surface area contributed by atoms with Crippen LogP contribution in [0.5, 0.6) is 0 Å². The van der Waals surface area contributed by atoms with Crippen LogP contribution >= 0.6 is 12.2 Å². The standard InChI is InChI=1S/C16H12N6S/c17-6-9-11(8-4-2-1-3-5-8)12-13(19)10(7-18)16(23)22-15(12)21-14(9)20/h1-5,9,11-12H,19H2,(H2,20,21,22,23). The van der Waals surface area contributed by atoms with Crippen LogP contribution in [-0.2, 0) is 0 Å². The highest BCUT2D eigenvalue weighted by Gasteiger charge is 2.44. The molecule has 0 amide bonds. The van der Waals surface area contributed by atoms with Crippen molar-refractivity contribution in [2.45, 2.75) is 5.92 Å². The maximum Gasteiger partial charge on any atom is 0.147 e. The van der Waals surface area contributed by atoms with Gasteiger partial charge in [0.05, 0.1) is 12.0 Å². The molecule has 7 heteroatoms. The first kappa shape index (κ1) is 14.9. The molecule has 0 aromatic heterocycles. The average molecular weight is 320 g/mol. The van der Waals surface area contributed by atoms with Gasteiger partial charge >= 0.3 is 0 Å². The summed E-state index contributed by atoms with van der Waals surface area (Å²) in [4.78, 5) is 8.53. The van der Waals surface area contributed by atoms with Crippen LogP contribution in [0, 0.1) is 34.5 Å². The van der Waals surface area contributed by atoms with Gasteiger partial charge in [-0.25, -0.2) is 9.98 Å². The second-order valence-electron chi connectivity index (χ2n) is 5.27. The van der Waals surface area contributed by atoms with Crippen LogP contribution in [0.4, 0.5) is 0 Å². The molecule has 2 aliphatic rings. The molecule has 1 aromatic carbocycles. The van der Waals surface area contributed by atoms with Crippen molar-refractivity contribution >= 4 is 28.9 Å². The maximum absolute atomic E-state index is 9.55. The first-order chi connectivity index (χ1) is 11.1. The molecule has 0 saturated heterocycles. The number of nitrogens with two attached hydrogens (primary N) is 2. The lowest BCUT2D eigenvalue weighted by atomic mass is 9.71. The highest BCUT2D eigenvalue weighted by Crippen LogP contribution is 2.41.